The molecule has 2 amide bonds. The Balaban J connectivity index is 2.07. The van der Waals surface area contributed by atoms with E-state index >= 15 is 0 Å². The minimum absolute atomic E-state index is 0.0716. The van der Waals surface area contributed by atoms with Crippen molar-refractivity contribution in [3.8, 4) is 0 Å². The molecule has 0 radical (unpaired) electrons. The molecule has 1 aromatic rings. The molecule has 0 aromatic heterocycles. The van der Waals surface area contributed by atoms with Crippen LogP contribution in [-0.4, -0.2) is 45.0 Å². The number of urea groups is 1. The van der Waals surface area contributed by atoms with E-state index in [4.69, 9.17) is 0 Å². The molecule has 6 heteroatoms. The van der Waals surface area contributed by atoms with Gasteiger partial charge in [0.15, 0.2) is 0 Å². The van der Waals surface area contributed by atoms with E-state index in [0.717, 1.165) is 30.1 Å². The highest BCUT2D eigenvalue weighted by Crippen LogP contribution is 2.30. The molecule has 0 spiro atoms. The van der Waals surface area contributed by atoms with Gasteiger partial charge in [0.1, 0.15) is 0 Å². The number of amides is 2. The molecular formula is C15H22N2O2S2. The number of nitrogens with zero attached hydrogens (tertiary/aromatic N) is 1. The summed E-state index contributed by atoms with van der Waals surface area (Å²) in [6, 6.07) is 7.49. The van der Waals surface area contributed by atoms with E-state index in [0.29, 0.717) is 5.75 Å². The topological polar surface area (TPSA) is 49.4 Å². The molecule has 1 aliphatic heterocycles. The van der Waals surface area contributed by atoms with Crippen molar-refractivity contribution in [3.63, 3.8) is 0 Å². The summed E-state index contributed by atoms with van der Waals surface area (Å²) in [5, 5.41) is 2.97. The molecule has 1 aromatic carbocycles. The van der Waals surface area contributed by atoms with Crippen LogP contribution < -0.4 is 5.32 Å². The first kappa shape index (κ1) is 16.4. The Labute approximate surface area is 133 Å². The molecule has 1 aliphatic rings. The summed E-state index contributed by atoms with van der Waals surface area (Å²) in [5.74, 6) is 1.42. The summed E-state index contributed by atoms with van der Waals surface area (Å²) in [7, 11) is -0.927. The normalized spacial score (nSPS) is 19.1. The highest BCUT2D eigenvalue weighted by atomic mass is 32.2. The molecule has 4 nitrogen and oxygen atoms in total. The summed E-state index contributed by atoms with van der Waals surface area (Å²) in [4.78, 5) is 14.3. The Hall–Kier alpha value is -1.01. The number of rotatable bonds is 3. The second-order valence-electron chi connectivity index (χ2n) is 5.83. The SMILES string of the molecule is C[S@@](=O)Cc1ccccc1NC(=O)N1CCSC(C)(C)C1. The predicted octanol–water partition coefficient (Wildman–Crippen LogP) is 2.92. The third-order valence-corrected chi connectivity index (χ3v) is 5.35. The average Bonchev–Trinajstić information content (AvgIpc) is 2.39. The monoisotopic (exact) mass is 326 g/mol. The van der Waals surface area contributed by atoms with Crippen molar-refractivity contribution in [1.29, 1.82) is 0 Å². The van der Waals surface area contributed by atoms with Gasteiger partial charge < -0.3 is 10.2 Å². The molecule has 0 bridgehead atoms. The van der Waals surface area contributed by atoms with E-state index in [1.165, 1.54) is 0 Å². The van der Waals surface area contributed by atoms with E-state index in [-0.39, 0.29) is 10.8 Å². The van der Waals surface area contributed by atoms with E-state index in [1.807, 2.05) is 40.9 Å². The summed E-state index contributed by atoms with van der Waals surface area (Å²) >= 11 is 1.90. The van der Waals surface area contributed by atoms with E-state index in [9.17, 15) is 9.00 Å². The summed E-state index contributed by atoms with van der Waals surface area (Å²) < 4.78 is 11.5. The van der Waals surface area contributed by atoms with Gasteiger partial charge in [0.25, 0.3) is 0 Å². The number of hydrogen-bond acceptors (Lipinski definition) is 3. The van der Waals surface area contributed by atoms with Gasteiger partial charge in [-0.3, -0.25) is 4.21 Å². The van der Waals surface area contributed by atoms with Crippen molar-refractivity contribution in [1.82, 2.24) is 4.90 Å². The van der Waals surface area contributed by atoms with Gasteiger partial charge >= 0.3 is 6.03 Å². The number of nitrogens with one attached hydrogen (secondary N) is 1. The van der Waals surface area contributed by atoms with Crippen molar-refractivity contribution < 1.29 is 9.00 Å². The third kappa shape index (κ3) is 4.74. The molecule has 1 atom stereocenters. The molecule has 0 unspecified atom stereocenters. The van der Waals surface area contributed by atoms with Crippen LogP contribution in [0.3, 0.4) is 0 Å². The van der Waals surface area contributed by atoms with Crippen LogP contribution in [0.2, 0.25) is 0 Å². The van der Waals surface area contributed by atoms with Crippen LogP contribution in [0.15, 0.2) is 24.3 Å². The number of hydrogen-bond donors (Lipinski definition) is 1. The lowest BCUT2D eigenvalue weighted by molar-refractivity contribution is 0.208. The summed E-state index contributed by atoms with van der Waals surface area (Å²) in [6.07, 6.45) is 1.67. The van der Waals surface area contributed by atoms with Gasteiger partial charge in [-0.2, -0.15) is 11.8 Å². The quantitative estimate of drug-likeness (QED) is 0.929. The van der Waals surface area contributed by atoms with Gasteiger partial charge in [0.2, 0.25) is 0 Å². The molecule has 1 fully saturated rings. The fourth-order valence-electron chi connectivity index (χ4n) is 2.37. The standard InChI is InChI=1S/C15H22N2O2S2/c1-15(2)11-17(8-9-20-15)14(18)16-13-7-5-4-6-12(13)10-21(3)19/h4-7H,8-11H2,1-3H3,(H,16,18)/t21-/m1/s1. The average molecular weight is 326 g/mol. The molecule has 2 rings (SSSR count). The lowest BCUT2D eigenvalue weighted by Crippen LogP contribution is -2.47. The number of carbonyl (C=O) groups excluding carboxylic acids is 1. The van der Waals surface area contributed by atoms with Crippen LogP contribution in [0.5, 0.6) is 0 Å². The zero-order chi connectivity index (χ0) is 15.5. The number of carbonyl (C=O) groups is 1. The van der Waals surface area contributed by atoms with Crippen molar-refractivity contribution >= 4 is 34.3 Å². The highest BCUT2D eigenvalue weighted by Gasteiger charge is 2.29. The Morgan fingerprint density at radius 2 is 2.14 bits per heavy atom. The van der Waals surface area contributed by atoms with Crippen LogP contribution in [0.4, 0.5) is 10.5 Å². The minimum atomic E-state index is -0.927. The number of thioether (sulfide) groups is 1. The third-order valence-electron chi connectivity index (χ3n) is 3.33. The fraction of sp³-hybridized carbons (Fsp3) is 0.533. The zero-order valence-electron chi connectivity index (χ0n) is 12.7. The van der Waals surface area contributed by atoms with Crippen molar-refractivity contribution in [2.24, 2.45) is 0 Å². The van der Waals surface area contributed by atoms with Crippen molar-refractivity contribution in [3.05, 3.63) is 29.8 Å². The van der Waals surface area contributed by atoms with Gasteiger partial charge in [-0.25, -0.2) is 4.79 Å². The molecule has 1 heterocycles. The second kappa shape index (κ2) is 6.83. The summed E-state index contributed by atoms with van der Waals surface area (Å²) in [6.45, 7) is 5.82. The number of anilines is 1. The van der Waals surface area contributed by atoms with Gasteiger partial charge in [-0.1, -0.05) is 18.2 Å². The smallest absolute Gasteiger partial charge is 0.321 e. The van der Waals surface area contributed by atoms with Crippen LogP contribution in [0.1, 0.15) is 19.4 Å². The maximum Gasteiger partial charge on any atom is 0.321 e. The Morgan fingerprint density at radius 3 is 2.81 bits per heavy atom. The predicted molar refractivity (Wildman–Crippen MR) is 91.3 cm³/mol. The van der Waals surface area contributed by atoms with E-state index in [1.54, 1.807) is 6.26 Å². The molecular weight excluding hydrogens is 304 g/mol. The number of benzene rings is 1. The Kier molecular flexibility index (Phi) is 5.32. The van der Waals surface area contributed by atoms with Crippen LogP contribution >= 0.6 is 11.8 Å². The first-order valence-electron chi connectivity index (χ1n) is 6.95. The second-order valence-corrected chi connectivity index (χ2v) is 9.07. The Bertz CT molecular complexity index is 546. The van der Waals surface area contributed by atoms with E-state index < -0.39 is 10.8 Å². The largest absolute Gasteiger partial charge is 0.322 e. The van der Waals surface area contributed by atoms with Gasteiger partial charge in [0.05, 0.1) is 5.75 Å². The number of para-hydroxylation sites is 1. The molecule has 116 valence electrons. The first-order chi connectivity index (χ1) is 9.87. The lowest BCUT2D eigenvalue weighted by atomic mass is 10.2. The van der Waals surface area contributed by atoms with Crippen LogP contribution in [0, 0.1) is 0 Å². The first-order valence-corrected chi connectivity index (χ1v) is 9.66. The maximum absolute atomic E-state index is 12.4. The Morgan fingerprint density at radius 1 is 1.43 bits per heavy atom. The van der Waals surface area contributed by atoms with Crippen LogP contribution in [-0.2, 0) is 16.6 Å². The fourth-order valence-corrected chi connectivity index (χ4v) is 4.17. The van der Waals surface area contributed by atoms with Crippen molar-refractivity contribution in [2.45, 2.75) is 24.3 Å². The maximum atomic E-state index is 12.4. The molecule has 0 saturated carbocycles. The van der Waals surface area contributed by atoms with Gasteiger partial charge in [-0.15, -0.1) is 0 Å². The summed E-state index contributed by atoms with van der Waals surface area (Å²) in [5.41, 5.74) is 1.67. The lowest BCUT2D eigenvalue weighted by Gasteiger charge is -2.37. The van der Waals surface area contributed by atoms with Gasteiger partial charge in [0, 0.05) is 46.3 Å². The molecule has 1 N–H and O–H groups in total. The van der Waals surface area contributed by atoms with E-state index in [2.05, 4.69) is 19.2 Å². The minimum Gasteiger partial charge on any atom is -0.322 e. The highest BCUT2D eigenvalue weighted by molar-refractivity contribution is 8.00. The van der Waals surface area contributed by atoms with Crippen molar-refractivity contribution in [2.75, 3.05) is 30.4 Å². The van der Waals surface area contributed by atoms with Crippen LogP contribution in [0.25, 0.3) is 0 Å². The molecule has 21 heavy (non-hydrogen) atoms. The molecule has 0 aliphatic carbocycles. The van der Waals surface area contributed by atoms with Gasteiger partial charge in [-0.05, 0) is 25.5 Å². The molecule has 1 saturated heterocycles. The zero-order valence-corrected chi connectivity index (χ0v) is 14.4.